The van der Waals surface area contributed by atoms with E-state index in [9.17, 15) is 43.2 Å². The molecule has 1 aromatic carbocycles. The fraction of sp³-hybridized carbons (Fsp3) is 0.681. The Morgan fingerprint density at radius 1 is 0.818 bits per heavy atom. The molecule has 1 aliphatic heterocycles. The summed E-state index contributed by atoms with van der Waals surface area (Å²) in [5, 5.41) is 13.6. The SMILES string of the molecule is CCCC(CC)SC1CC(=O)N(CCCCCC(=O)NC(C(=O)N[C@@H](CCCNC(N)=O)C(=O)Nc2ccc(COC(=O)N(C)[C@H](C(=O)N[C@H](C(C)=O)C(C)C)C(C)C)cc2)C(C)C)C1=O. The van der Waals surface area contributed by atoms with Crippen molar-refractivity contribution < 1.29 is 47.9 Å². The summed E-state index contributed by atoms with van der Waals surface area (Å²) in [4.78, 5) is 118. The highest BCUT2D eigenvalue weighted by atomic mass is 32.2. The Morgan fingerprint density at radius 3 is 2.03 bits per heavy atom. The molecule has 7 N–H and O–H groups in total. The normalized spacial score (nSPS) is 16.0. The number of nitrogens with two attached hydrogens (primary N) is 1. The minimum absolute atomic E-state index is 0.122. The van der Waals surface area contributed by atoms with Gasteiger partial charge in [-0.3, -0.25) is 43.4 Å². The maximum Gasteiger partial charge on any atom is 0.410 e. The van der Waals surface area contributed by atoms with Gasteiger partial charge in [-0.05, 0) is 80.9 Å². The number of nitrogens with zero attached hydrogens (tertiary/aromatic N) is 2. The molecule has 0 saturated carbocycles. The standard InChI is InChI=1S/C47H76N8O10S/c1-11-17-34(12-2)66-36-26-38(58)55(45(36)62)25-15-13-14-19-37(57)52-40(29(5)6)43(60)51-35(18-16-24-49-46(48)63)42(59)50-33-22-20-32(21-23-33)27-65-47(64)54(10)41(30(7)8)44(61)53-39(28(3)4)31(9)56/h20-23,28-30,34-36,39-41H,11-19,24-27H2,1-10H3,(H,50,59)(H,51,60)(H,52,57)(H,53,61)(H3,48,49,63)/t34?,35-,36?,39-,40?,41-/m0/s1. The average Bonchev–Trinajstić information content (AvgIpc) is 3.51. The van der Waals surface area contributed by atoms with Crippen LogP contribution < -0.4 is 32.3 Å². The molecule has 1 fully saturated rings. The molecule has 1 aliphatic rings. The minimum Gasteiger partial charge on any atom is -0.445 e. The van der Waals surface area contributed by atoms with Crippen molar-refractivity contribution in [2.45, 2.75) is 168 Å². The van der Waals surface area contributed by atoms with Gasteiger partial charge in [-0.15, -0.1) is 11.8 Å². The van der Waals surface area contributed by atoms with Crippen molar-refractivity contribution in [1.82, 2.24) is 31.1 Å². The van der Waals surface area contributed by atoms with E-state index in [1.807, 2.05) is 13.8 Å². The molecule has 0 spiro atoms. The number of benzene rings is 1. The molecule has 1 saturated heterocycles. The number of primary amides is 1. The minimum atomic E-state index is -1.06. The monoisotopic (exact) mass is 945 g/mol. The predicted octanol–water partition coefficient (Wildman–Crippen LogP) is 5.02. The lowest BCUT2D eigenvalue weighted by molar-refractivity contribution is -0.138. The fourth-order valence-electron chi connectivity index (χ4n) is 7.65. The summed E-state index contributed by atoms with van der Waals surface area (Å²) in [5.41, 5.74) is 6.17. The molecule has 9 amide bonds. The first-order valence-electron chi connectivity index (χ1n) is 23.3. The topological polar surface area (TPSA) is 256 Å². The largest absolute Gasteiger partial charge is 0.445 e. The maximum atomic E-state index is 13.7. The number of carbonyl (C=O) groups is 9. The lowest BCUT2D eigenvalue weighted by atomic mass is 9.97. The van der Waals surface area contributed by atoms with E-state index >= 15 is 0 Å². The fourth-order valence-corrected chi connectivity index (χ4v) is 9.17. The van der Waals surface area contributed by atoms with Gasteiger partial charge in [0.15, 0.2) is 5.78 Å². The zero-order chi connectivity index (χ0) is 49.7. The first-order chi connectivity index (χ1) is 31.1. The quantitative estimate of drug-likeness (QED) is 0.0459. The van der Waals surface area contributed by atoms with Gasteiger partial charge in [-0.25, -0.2) is 9.59 Å². The van der Waals surface area contributed by atoms with Gasteiger partial charge >= 0.3 is 12.1 Å². The van der Waals surface area contributed by atoms with Gasteiger partial charge in [0.1, 0.15) is 24.7 Å². The Balaban J connectivity index is 1.99. The molecular formula is C47H76N8O10S. The summed E-state index contributed by atoms with van der Waals surface area (Å²) in [7, 11) is 1.46. The van der Waals surface area contributed by atoms with E-state index in [2.05, 4.69) is 40.4 Å². The highest BCUT2D eigenvalue weighted by Crippen LogP contribution is 2.32. The van der Waals surface area contributed by atoms with Crippen LogP contribution in [0.3, 0.4) is 0 Å². The Hall–Kier alpha value is -5.20. The van der Waals surface area contributed by atoms with E-state index in [1.165, 1.54) is 23.8 Å². The zero-order valence-electron chi connectivity index (χ0n) is 40.7. The number of imide groups is 1. The van der Waals surface area contributed by atoms with Crippen molar-refractivity contribution in [3.05, 3.63) is 29.8 Å². The number of hydrogen-bond acceptors (Lipinski definition) is 11. The number of amides is 9. The van der Waals surface area contributed by atoms with Crippen LogP contribution in [0.1, 0.15) is 132 Å². The first kappa shape index (κ1) is 56.9. The third kappa shape index (κ3) is 19.0. The van der Waals surface area contributed by atoms with Crippen molar-refractivity contribution in [1.29, 1.82) is 0 Å². The summed E-state index contributed by atoms with van der Waals surface area (Å²) >= 11 is 1.60. The Bertz CT molecular complexity index is 1810. The molecule has 1 aromatic rings. The number of hydrogen-bond donors (Lipinski definition) is 6. The van der Waals surface area contributed by atoms with E-state index in [1.54, 1.807) is 63.7 Å². The number of rotatable bonds is 29. The van der Waals surface area contributed by atoms with Crippen LogP contribution in [-0.2, 0) is 44.9 Å². The number of ketones is 1. The molecule has 0 aromatic heterocycles. The van der Waals surface area contributed by atoms with Crippen LogP contribution in [0.15, 0.2) is 24.3 Å². The molecule has 2 rings (SSSR count). The van der Waals surface area contributed by atoms with Crippen molar-refractivity contribution in [3.63, 3.8) is 0 Å². The summed E-state index contributed by atoms with van der Waals surface area (Å²) in [6, 6.07) is 2.13. The molecule has 3 unspecified atom stereocenters. The van der Waals surface area contributed by atoms with Crippen LogP contribution in [0, 0.1) is 17.8 Å². The summed E-state index contributed by atoms with van der Waals surface area (Å²) in [5.74, 6) is -3.17. The second-order valence-electron chi connectivity index (χ2n) is 18.0. The van der Waals surface area contributed by atoms with Crippen LogP contribution in [0.4, 0.5) is 15.3 Å². The Morgan fingerprint density at radius 2 is 1.47 bits per heavy atom. The molecule has 0 bridgehead atoms. The number of likely N-dealkylation sites (N-methyl/N-ethyl adjacent to an activating group) is 1. The van der Waals surface area contributed by atoms with Crippen molar-refractivity contribution in [3.8, 4) is 0 Å². The second-order valence-corrected chi connectivity index (χ2v) is 19.5. The summed E-state index contributed by atoms with van der Waals surface area (Å²) in [6.45, 7) is 16.7. The number of Topliss-reactive ketones (excluding diaryl/α,β-unsaturated/α-hetero) is 1. The molecule has 66 heavy (non-hydrogen) atoms. The lowest BCUT2D eigenvalue weighted by Gasteiger charge is -2.31. The van der Waals surface area contributed by atoms with Crippen molar-refractivity contribution in [2.24, 2.45) is 23.5 Å². The lowest BCUT2D eigenvalue weighted by Crippen LogP contribution is -2.55. The smallest absolute Gasteiger partial charge is 0.410 e. The average molecular weight is 945 g/mol. The van der Waals surface area contributed by atoms with Gasteiger partial charge in [-0.2, -0.15) is 0 Å². The predicted molar refractivity (Wildman–Crippen MR) is 255 cm³/mol. The number of carbonyl (C=O) groups excluding carboxylic acids is 9. The first-order valence-corrected chi connectivity index (χ1v) is 24.3. The van der Waals surface area contributed by atoms with Crippen LogP contribution in [-0.4, -0.2) is 118 Å². The van der Waals surface area contributed by atoms with Gasteiger partial charge in [0, 0.05) is 43.9 Å². The van der Waals surface area contributed by atoms with Gasteiger partial charge in [0.05, 0.1) is 11.3 Å². The number of urea groups is 1. The highest BCUT2D eigenvalue weighted by Gasteiger charge is 2.39. The number of thioether (sulfide) groups is 1. The highest BCUT2D eigenvalue weighted by molar-refractivity contribution is 8.01. The zero-order valence-corrected chi connectivity index (χ0v) is 41.5. The van der Waals surface area contributed by atoms with Gasteiger partial charge < -0.3 is 37.1 Å². The Labute approximate surface area is 395 Å². The van der Waals surface area contributed by atoms with E-state index in [-0.39, 0.29) is 78.9 Å². The van der Waals surface area contributed by atoms with E-state index in [4.69, 9.17) is 10.5 Å². The van der Waals surface area contributed by atoms with Crippen LogP contribution in [0.5, 0.6) is 0 Å². The molecule has 0 aliphatic carbocycles. The van der Waals surface area contributed by atoms with Crippen molar-refractivity contribution >= 4 is 70.8 Å². The number of likely N-dealkylation sites (tertiary alicyclic amines) is 1. The van der Waals surface area contributed by atoms with E-state index < -0.39 is 54.0 Å². The molecule has 0 radical (unpaired) electrons. The third-order valence-corrected chi connectivity index (χ3v) is 13.0. The van der Waals surface area contributed by atoms with Gasteiger partial charge in [-0.1, -0.05) is 80.4 Å². The molecule has 6 atom stereocenters. The van der Waals surface area contributed by atoms with Crippen LogP contribution in [0.25, 0.3) is 0 Å². The Kier molecular flexibility index (Phi) is 24.8. The number of nitrogens with one attached hydrogen (secondary N) is 5. The third-order valence-electron chi connectivity index (χ3n) is 11.4. The van der Waals surface area contributed by atoms with Gasteiger partial charge in [0.2, 0.25) is 35.4 Å². The van der Waals surface area contributed by atoms with Crippen LogP contribution >= 0.6 is 11.8 Å². The summed E-state index contributed by atoms with van der Waals surface area (Å²) < 4.78 is 5.51. The summed E-state index contributed by atoms with van der Waals surface area (Å²) in [6.07, 6.45) is 4.62. The molecule has 1 heterocycles. The van der Waals surface area contributed by atoms with E-state index in [0.717, 1.165) is 19.3 Å². The maximum absolute atomic E-state index is 13.7. The number of anilines is 1. The molecule has 19 heteroatoms. The van der Waals surface area contributed by atoms with Gasteiger partial charge in [0.25, 0.3) is 0 Å². The molecule has 370 valence electrons. The number of unbranched alkanes of at least 4 members (excludes halogenated alkanes) is 2. The van der Waals surface area contributed by atoms with Crippen LogP contribution in [0.2, 0.25) is 0 Å². The van der Waals surface area contributed by atoms with E-state index in [0.29, 0.717) is 48.7 Å². The second kappa shape index (κ2) is 28.8. The molecular weight excluding hydrogens is 869 g/mol. The number of ether oxygens (including phenoxy) is 1. The van der Waals surface area contributed by atoms with Crippen molar-refractivity contribution in [2.75, 3.05) is 25.5 Å². The molecule has 18 nitrogen and oxygen atoms in total.